The molecule has 0 saturated carbocycles. The van der Waals surface area contributed by atoms with E-state index in [0.29, 0.717) is 6.42 Å². The topological polar surface area (TPSA) is 69.6 Å². The van der Waals surface area contributed by atoms with Crippen molar-refractivity contribution in [2.45, 2.75) is 296 Å². The van der Waals surface area contributed by atoms with E-state index in [9.17, 15) is 15.0 Å². The normalized spacial score (nSPS) is 13.1. The van der Waals surface area contributed by atoms with Gasteiger partial charge in [-0.15, -0.1) is 0 Å². The van der Waals surface area contributed by atoms with Crippen LogP contribution in [0.1, 0.15) is 284 Å². The highest BCUT2D eigenvalue weighted by atomic mass is 16.3. The third-order valence-corrected chi connectivity index (χ3v) is 12.1. The largest absolute Gasteiger partial charge is 0.394 e. The summed E-state index contributed by atoms with van der Waals surface area (Å²) >= 11 is 0. The molecular formula is C54H103NO3. The summed E-state index contributed by atoms with van der Waals surface area (Å²) in [5, 5.41) is 22.9. The second kappa shape index (κ2) is 50.0. The molecule has 1 amide bonds. The van der Waals surface area contributed by atoms with Gasteiger partial charge in [0.2, 0.25) is 5.91 Å². The van der Waals surface area contributed by atoms with Crippen molar-refractivity contribution in [2.75, 3.05) is 6.61 Å². The Hall–Kier alpha value is -1.39. The lowest BCUT2D eigenvalue weighted by Gasteiger charge is -2.19. The van der Waals surface area contributed by atoms with Crippen molar-refractivity contribution < 1.29 is 15.0 Å². The maximum atomic E-state index is 12.4. The monoisotopic (exact) mass is 814 g/mol. The summed E-state index contributed by atoms with van der Waals surface area (Å²) in [5.41, 5.74) is 0. The van der Waals surface area contributed by atoms with Gasteiger partial charge in [-0.25, -0.2) is 0 Å². The number of hydrogen-bond acceptors (Lipinski definition) is 3. The van der Waals surface area contributed by atoms with Crippen molar-refractivity contribution in [3.05, 3.63) is 36.5 Å². The van der Waals surface area contributed by atoms with E-state index in [4.69, 9.17) is 0 Å². The minimum atomic E-state index is -0.858. The zero-order valence-electron chi connectivity index (χ0n) is 39.3. The molecule has 0 bridgehead atoms. The number of carbonyl (C=O) groups excluding carboxylic acids is 1. The van der Waals surface area contributed by atoms with Gasteiger partial charge in [-0.1, -0.05) is 256 Å². The lowest BCUT2D eigenvalue weighted by Crippen LogP contribution is -2.45. The molecule has 0 aliphatic rings. The van der Waals surface area contributed by atoms with Gasteiger partial charge >= 0.3 is 0 Å². The number of rotatable bonds is 48. The van der Waals surface area contributed by atoms with E-state index in [-0.39, 0.29) is 12.5 Å². The van der Waals surface area contributed by atoms with Gasteiger partial charge < -0.3 is 15.5 Å². The fourth-order valence-electron chi connectivity index (χ4n) is 8.07. The van der Waals surface area contributed by atoms with E-state index >= 15 is 0 Å². The number of aliphatic hydroxyl groups is 2. The van der Waals surface area contributed by atoms with Gasteiger partial charge in [-0.3, -0.25) is 4.79 Å². The molecule has 3 N–H and O–H groups in total. The lowest BCUT2D eigenvalue weighted by molar-refractivity contribution is -0.123. The molecule has 0 heterocycles. The summed E-state index contributed by atoms with van der Waals surface area (Å²) < 4.78 is 0. The van der Waals surface area contributed by atoms with Crippen molar-refractivity contribution in [1.29, 1.82) is 0 Å². The molecule has 0 spiro atoms. The maximum absolute atomic E-state index is 12.4. The van der Waals surface area contributed by atoms with Crippen LogP contribution in [-0.4, -0.2) is 34.9 Å². The molecule has 0 aliphatic carbocycles. The first-order chi connectivity index (χ1) is 28.7. The molecule has 0 aromatic rings. The van der Waals surface area contributed by atoms with Gasteiger partial charge in [0.05, 0.1) is 18.8 Å². The van der Waals surface area contributed by atoms with Crippen molar-refractivity contribution in [2.24, 2.45) is 0 Å². The van der Waals surface area contributed by atoms with Crippen LogP contribution in [0.3, 0.4) is 0 Å². The number of amides is 1. The molecule has 0 rings (SSSR count). The highest BCUT2D eigenvalue weighted by Gasteiger charge is 2.17. The number of nitrogens with one attached hydrogen (secondary N) is 1. The fourth-order valence-corrected chi connectivity index (χ4v) is 8.07. The van der Waals surface area contributed by atoms with Gasteiger partial charge in [-0.05, 0) is 57.8 Å². The Morgan fingerprint density at radius 2 is 0.672 bits per heavy atom. The Kier molecular flexibility index (Phi) is 48.8. The first kappa shape index (κ1) is 56.6. The Balaban J connectivity index is 3.36. The molecule has 0 aromatic carbocycles. The van der Waals surface area contributed by atoms with E-state index in [0.717, 1.165) is 32.1 Å². The van der Waals surface area contributed by atoms with Crippen LogP contribution in [0.4, 0.5) is 0 Å². The van der Waals surface area contributed by atoms with Gasteiger partial charge in [-0.2, -0.15) is 0 Å². The molecule has 2 atom stereocenters. The molecule has 4 heteroatoms. The lowest BCUT2D eigenvalue weighted by atomic mass is 10.0. The molecule has 2 unspecified atom stereocenters. The molecule has 0 radical (unpaired) electrons. The molecule has 0 fully saturated rings. The van der Waals surface area contributed by atoms with E-state index in [1.165, 1.54) is 231 Å². The van der Waals surface area contributed by atoms with E-state index in [2.05, 4.69) is 43.5 Å². The van der Waals surface area contributed by atoms with Crippen LogP contribution in [0.25, 0.3) is 0 Å². The Labute approximate surface area is 363 Å². The van der Waals surface area contributed by atoms with Crippen molar-refractivity contribution in [3.8, 4) is 0 Å². The Morgan fingerprint density at radius 1 is 0.397 bits per heavy atom. The number of unbranched alkanes of at least 4 members (excludes halogenated alkanes) is 37. The molecule has 0 aliphatic heterocycles. The van der Waals surface area contributed by atoms with Crippen LogP contribution in [-0.2, 0) is 4.79 Å². The van der Waals surface area contributed by atoms with Crippen LogP contribution in [0.2, 0.25) is 0 Å². The number of aliphatic hydroxyl groups excluding tert-OH is 2. The molecule has 4 nitrogen and oxygen atoms in total. The summed E-state index contributed by atoms with van der Waals surface area (Å²) in [4.78, 5) is 12.4. The van der Waals surface area contributed by atoms with Gasteiger partial charge in [0, 0.05) is 6.42 Å². The SMILES string of the molecule is CCCCC/C=C/CC/C=C/C(O)C(CO)NC(=O)CCCCCCCCCCCCCCCCCCC/C=C\CCCCCCCCCCCCCCCCCC. The standard InChI is InChI=1S/C54H103NO3/c1-3-5-7-9-11-13-14-15-16-17-18-19-20-21-22-23-24-25-26-27-28-29-30-31-32-33-34-35-36-37-38-39-40-42-44-46-48-50-54(58)55-52(51-56)53(57)49-47-45-43-41-12-10-8-6-4-2/h12,25-26,41,47,49,52-53,56-57H,3-11,13-24,27-40,42-46,48,50-51H2,1-2H3,(H,55,58)/b26-25-,41-12+,49-47+. The minimum absolute atomic E-state index is 0.0736. The summed E-state index contributed by atoms with van der Waals surface area (Å²) in [5.74, 6) is -0.0736. The highest BCUT2D eigenvalue weighted by molar-refractivity contribution is 5.76. The minimum Gasteiger partial charge on any atom is -0.394 e. The second-order valence-electron chi connectivity index (χ2n) is 17.9. The van der Waals surface area contributed by atoms with Gasteiger partial charge in [0.25, 0.3) is 0 Å². The quantitative estimate of drug-likeness (QED) is 0.0423. The predicted molar refractivity (Wildman–Crippen MR) is 258 cm³/mol. The van der Waals surface area contributed by atoms with Crippen molar-refractivity contribution in [3.63, 3.8) is 0 Å². The van der Waals surface area contributed by atoms with E-state index in [1.807, 2.05) is 6.08 Å². The maximum Gasteiger partial charge on any atom is 0.220 e. The van der Waals surface area contributed by atoms with Gasteiger partial charge in [0.15, 0.2) is 0 Å². The summed E-state index contributed by atoms with van der Waals surface area (Å²) in [6, 6.07) is -0.635. The fraction of sp³-hybridized carbons (Fsp3) is 0.870. The van der Waals surface area contributed by atoms with Crippen LogP contribution in [0, 0.1) is 0 Å². The zero-order chi connectivity index (χ0) is 42.1. The average molecular weight is 814 g/mol. The Morgan fingerprint density at radius 3 is 1.03 bits per heavy atom. The molecule has 342 valence electrons. The highest BCUT2D eigenvalue weighted by Crippen LogP contribution is 2.17. The van der Waals surface area contributed by atoms with Crippen LogP contribution in [0.5, 0.6) is 0 Å². The number of allylic oxidation sites excluding steroid dienone is 5. The molecular weight excluding hydrogens is 711 g/mol. The molecule has 0 saturated heterocycles. The zero-order valence-corrected chi connectivity index (χ0v) is 39.3. The Bertz CT molecular complexity index is 882. The summed E-state index contributed by atoms with van der Waals surface area (Å²) in [7, 11) is 0. The van der Waals surface area contributed by atoms with Crippen LogP contribution < -0.4 is 5.32 Å². The van der Waals surface area contributed by atoms with E-state index < -0.39 is 12.1 Å². The number of carbonyl (C=O) groups is 1. The molecule has 58 heavy (non-hydrogen) atoms. The van der Waals surface area contributed by atoms with Crippen molar-refractivity contribution >= 4 is 5.91 Å². The van der Waals surface area contributed by atoms with Crippen LogP contribution >= 0.6 is 0 Å². The predicted octanol–water partition coefficient (Wildman–Crippen LogP) is 16.9. The third kappa shape index (κ3) is 45.7. The van der Waals surface area contributed by atoms with E-state index in [1.54, 1.807) is 6.08 Å². The van der Waals surface area contributed by atoms with Crippen LogP contribution in [0.15, 0.2) is 36.5 Å². The first-order valence-corrected chi connectivity index (χ1v) is 26.2. The average Bonchev–Trinajstić information content (AvgIpc) is 3.23. The van der Waals surface area contributed by atoms with Gasteiger partial charge in [0.1, 0.15) is 0 Å². The first-order valence-electron chi connectivity index (χ1n) is 26.2. The molecule has 0 aromatic heterocycles. The summed E-state index contributed by atoms with van der Waals surface area (Å²) in [6.07, 6.45) is 67.6. The smallest absolute Gasteiger partial charge is 0.220 e. The third-order valence-electron chi connectivity index (χ3n) is 12.1. The summed E-state index contributed by atoms with van der Waals surface area (Å²) in [6.45, 7) is 4.26. The second-order valence-corrected chi connectivity index (χ2v) is 17.9. The van der Waals surface area contributed by atoms with Crippen molar-refractivity contribution in [1.82, 2.24) is 5.32 Å². The number of hydrogen-bond donors (Lipinski definition) is 3.